The van der Waals surface area contributed by atoms with Gasteiger partial charge in [-0.05, 0) is 50.1 Å². The van der Waals surface area contributed by atoms with Gasteiger partial charge in [0.25, 0.3) is 0 Å². The van der Waals surface area contributed by atoms with Crippen molar-refractivity contribution in [3.63, 3.8) is 0 Å². The van der Waals surface area contributed by atoms with Gasteiger partial charge >= 0.3 is 5.97 Å². The third-order valence-corrected chi connectivity index (χ3v) is 4.79. The van der Waals surface area contributed by atoms with E-state index in [1.165, 1.54) is 0 Å². The van der Waals surface area contributed by atoms with Crippen LogP contribution in [0.2, 0.25) is 0 Å². The summed E-state index contributed by atoms with van der Waals surface area (Å²) in [5, 5.41) is 5.77. The molecule has 2 aromatic carbocycles. The predicted octanol–water partition coefficient (Wildman–Crippen LogP) is 3.32. The molecule has 3 unspecified atom stereocenters. The zero-order valence-corrected chi connectivity index (χ0v) is 16.0. The third kappa shape index (κ3) is 4.76. The van der Waals surface area contributed by atoms with Gasteiger partial charge in [-0.1, -0.05) is 30.3 Å². The average Bonchev–Trinajstić information content (AvgIpc) is 3.50. The number of carbonyl (C=O) groups is 3. The number of hydrogen-bond donors (Lipinski definition) is 2. The summed E-state index contributed by atoms with van der Waals surface area (Å²) in [7, 11) is 0. The summed E-state index contributed by atoms with van der Waals surface area (Å²) in [5.74, 6) is -1.31. The number of nitrogens with one attached hydrogen (secondary N) is 2. The molecule has 0 saturated heterocycles. The Morgan fingerprint density at radius 1 is 1.00 bits per heavy atom. The summed E-state index contributed by atoms with van der Waals surface area (Å²) in [6, 6.07) is 16.1. The Morgan fingerprint density at radius 2 is 1.64 bits per heavy atom. The molecule has 1 fully saturated rings. The third-order valence-electron chi connectivity index (χ3n) is 4.79. The van der Waals surface area contributed by atoms with E-state index in [4.69, 9.17) is 4.74 Å². The quantitative estimate of drug-likeness (QED) is 0.722. The van der Waals surface area contributed by atoms with Crippen LogP contribution < -0.4 is 10.6 Å². The highest BCUT2D eigenvalue weighted by atomic mass is 16.5. The Morgan fingerprint density at radius 3 is 2.29 bits per heavy atom. The highest BCUT2D eigenvalue weighted by Crippen LogP contribution is 2.40. The lowest BCUT2D eigenvalue weighted by atomic mass is 10.1. The highest BCUT2D eigenvalue weighted by Gasteiger charge is 2.48. The molecule has 0 heterocycles. The fraction of sp³-hybridized carbons (Fsp3) is 0.318. The van der Waals surface area contributed by atoms with E-state index >= 15 is 0 Å². The Kier molecular flexibility index (Phi) is 6.09. The van der Waals surface area contributed by atoms with Crippen LogP contribution in [0.3, 0.4) is 0 Å². The van der Waals surface area contributed by atoms with Crippen LogP contribution in [0.1, 0.15) is 42.2 Å². The van der Waals surface area contributed by atoms with E-state index in [0.29, 0.717) is 24.3 Å². The molecule has 3 rings (SSSR count). The van der Waals surface area contributed by atoms with Gasteiger partial charge in [-0.2, -0.15) is 0 Å². The highest BCUT2D eigenvalue weighted by molar-refractivity contribution is 6.00. The summed E-state index contributed by atoms with van der Waals surface area (Å²) in [6.45, 7) is 3.98. The molecule has 0 aliphatic heterocycles. The maximum Gasteiger partial charge on any atom is 0.338 e. The van der Waals surface area contributed by atoms with Gasteiger partial charge in [-0.25, -0.2) is 4.79 Å². The maximum atomic E-state index is 12.4. The van der Waals surface area contributed by atoms with Crippen molar-refractivity contribution in [3.8, 4) is 0 Å². The number of rotatable bonds is 7. The summed E-state index contributed by atoms with van der Waals surface area (Å²) in [5.41, 5.74) is 2.04. The number of hydrogen-bond acceptors (Lipinski definition) is 4. The predicted molar refractivity (Wildman–Crippen MR) is 106 cm³/mol. The summed E-state index contributed by atoms with van der Waals surface area (Å²) >= 11 is 0. The van der Waals surface area contributed by atoms with Gasteiger partial charge in [0.1, 0.15) is 0 Å². The van der Waals surface area contributed by atoms with E-state index in [-0.39, 0.29) is 29.7 Å². The minimum atomic E-state index is -0.396. The van der Waals surface area contributed by atoms with Gasteiger partial charge in [0.05, 0.1) is 30.0 Å². The van der Waals surface area contributed by atoms with Crippen molar-refractivity contribution in [2.24, 2.45) is 11.8 Å². The van der Waals surface area contributed by atoms with Crippen LogP contribution in [0.5, 0.6) is 0 Å². The van der Waals surface area contributed by atoms with Gasteiger partial charge in [0, 0.05) is 5.69 Å². The Balaban J connectivity index is 1.50. The molecule has 1 aliphatic rings. The van der Waals surface area contributed by atoms with Crippen LogP contribution in [0.25, 0.3) is 0 Å². The Labute approximate surface area is 164 Å². The largest absolute Gasteiger partial charge is 0.462 e. The summed E-state index contributed by atoms with van der Waals surface area (Å²) in [6.07, 6.45) is 0.542. The lowest BCUT2D eigenvalue weighted by Gasteiger charge is -2.14. The maximum absolute atomic E-state index is 12.4. The van der Waals surface area contributed by atoms with E-state index in [1.54, 1.807) is 31.2 Å². The summed E-state index contributed by atoms with van der Waals surface area (Å²) in [4.78, 5) is 36.4. The average molecular weight is 380 g/mol. The van der Waals surface area contributed by atoms with Crippen molar-refractivity contribution >= 4 is 23.5 Å². The summed E-state index contributed by atoms with van der Waals surface area (Å²) < 4.78 is 4.93. The van der Waals surface area contributed by atoms with Gasteiger partial charge < -0.3 is 15.4 Å². The zero-order valence-electron chi connectivity index (χ0n) is 16.0. The van der Waals surface area contributed by atoms with E-state index < -0.39 is 5.97 Å². The fourth-order valence-corrected chi connectivity index (χ4v) is 3.06. The number of ether oxygens (including phenoxy) is 1. The fourth-order valence-electron chi connectivity index (χ4n) is 3.06. The van der Waals surface area contributed by atoms with Crippen LogP contribution in [-0.2, 0) is 14.3 Å². The van der Waals surface area contributed by atoms with E-state index in [2.05, 4.69) is 10.6 Å². The molecule has 1 saturated carbocycles. The minimum absolute atomic E-state index is 0.103. The number of amides is 2. The molecular formula is C22H24N2O4. The SMILES string of the molecule is CCOC(=O)c1ccc(NC(=O)C2CC2C(=O)NC(C)c2ccccc2)cc1. The lowest BCUT2D eigenvalue weighted by Crippen LogP contribution is -2.29. The van der Waals surface area contributed by atoms with Crippen molar-refractivity contribution in [3.05, 3.63) is 65.7 Å². The first-order valence-corrected chi connectivity index (χ1v) is 9.43. The molecule has 146 valence electrons. The van der Waals surface area contributed by atoms with Crippen molar-refractivity contribution in [2.75, 3.05) is 11.9 Å². The number of benzene rings is 2. The first-order chi connectivity index (χ1) is 13.5. The smallest absolute Gasteiger partial charge is 0.338 e. The molecule has 1 aliphatic carbocycles. The Hall–Kier alpha value is -3.15. The standard InChI is InChI=1S/C22H24N2O4/c1-3-28-22(27)16-9-11-17(12-10-16)24-21(26)19-13-18(19)20(25)23-14(2)15-7-5-4-6-8-15/h4-12,14,18-19H,3,13H2,1-2H3,(H,23,25)(H,24,26). The molecular weight excluding hydrogens is 356 g/mol. The first-order valence-electron chi connectivity index (χ1n) is 9.43. The van der Waals surface area contributed by atoms with E-state index in [0.717, 1.165) is 5.56 Å². The van der Waals surface area contributed by atoms with Gasteiger partial charge in [-0.3, -0.25) is 9.59 Å². The van der Waals surface area contributed by atoms with Crippen LogP contribution >= 0.6 is 0 Å². The van der Waals surface area contributed by atoms with E-state index in [1.807, 2.05) is 37.3 Å². The second-order valence-corrected chi connectivity index (χ2v) is 6.88. The molecule has 0 aromatic heterocycles. The molecule has 6 heteroatoms. The molecule has 6 nitrogen and oxygen atoms in total. The topological polar surface area (TPSA) is 84.5 Å². The van der Waals surface area contributed by atoms with Gasteiger partial charge in [0.2, 0.25) is 11.8 Å². The lowest BCUT2D eigenvalue weighted by molar-refractivity contribution is -0.125. The number of carbonyl (C=O) groups excluding carboxylic acids is 3. The Bertz CT molecular complexity index is 849. The number of anilines is 1. The zero-order chi connectivity index (χ0) is 20.1. The molecule has 3 atom stereocenters. The normalized spacial score (nSPS) is 18.6. The number of esters is 1. The molecule has 0 bridgehead atoms. The molecule has 2 aromatic rings. The second-order valence-electron chi connectivity index (χ2n) is 6.88. The molecule has 28 heavy (non-hydrogen) atoms. The molecule has 2 amide bonds. The second kappa shape index (κ2) is 8.69. The van der Waals surface area contributed by atoms with Crippen molar-refractivity contribution in [1.29, 1.82) is 0 Å². The monoisotopic (exact) mass is 380 g/mol. The minimum Gasteiger partial charge on any atom is -0.462 e. The van der Waals surface area contributed by atoms with E-state index in [9.17, 15) is 14.4 Å². The van der Waals surface area contributed by atoms with Crippen LogP contribution in [0.15, 0.2) is 54.6 Å². The molecule has 0 spiro atoms. The molecule has 0 radical (unpaired) electrons. The van der Waals surface area contributed by atoms with Crippen molar-refractivity contribution in [1.82, 2.24) is 5.32 Å². The molecule has 2 N–H and O–H groups in total. The van der Waals surface area contributed by atoms with Crippen LogP contribution in [0, 0.1) is 11.8 Å². The van der Waals surface area contributed by atoms with Gasteiger partial charge in [-0.15, -0.1) is 0 Å². The van der Waals surface area contributed by atoms with Crippen molar-refractivity contribution in [2.45, 2.75) is 26.3 Å². The van der Waals surface area contributed by atoms with Gasteiger partial charge in [0.15, 0.2) is 0 Å². The van der Waals surface area contributed by atoms with Crippen LogP contribution in [-0.4, -0.2) is 24.4 Å². The van der Waals surface area contributed by atoms with Crippen molar-refractivity contribution < 1.29 is 19.1 Å². The first kappa shape index (κ1) is 19.6. The van der Waals surface area contributed by atoms with Crippen LogP contribution in [0.4, 0.5) is 5.69 Å².